The molecule has 0 fully saturated rings. The van der Waals surface area contributed by atoms with Crippen LogP contribution >= 0.6 is 0 Å². The summed E-state index contributed by atoms with van der Waals surface area (Å²) >= 11 is -0.227. The first-order valence-corrected chi connectivity index (χ1v) is 8.98. The summed E-state index contributed by atoms with van der Waals surface area (Å²) in [4.78, 5) is 23.7. The topological polar surface area (TPSA) is 48.3 Å². The van der Waals surface area contributed by atoms with Crippen LogP contribution in [0.1, 0.15) is 32.2 Å². The van der Waals surface area contributed by atoms with E-state index in [0.29, 0.717) is 3.18 Å². The first-order chi connectivity index (χ1) is 8.20. The zero-order valence-electron chi connectivity index (χ0n) is 11.0. The summed E-state index contributed by atoms with van der Waals surface area (Å²) < 4.78 is 9.56. The first-order valence-electron chi connectivity index (χ1n) is 5.55. The van der Waals surface area contributed by atoms with Gasteiger partial charge in [-0.05, 0) is 0 Å². The van der Waals surface area contributed by atoms with Crippen molar-refractivity contribution in [1.82, 2.24) is 4.57 Å². The Hall–Kier alpha value is -0.541. The Morgan fingerprint density at radius 2 is 1.56 bits per heavy atom. The van der Waals surface area contributed by atoms with Crippen LogP contribution in [0.15, 0.2) is 4.79 Å². The minimum absolute atomic E-state index is 0.114. The number of aromatic nitrogens is 1. The molecule has 0 aliphatic rings. The molecule has 0 N–H and O–H groups in total. The van der Waals surface area contributed by atoms with Crippen molar-refractivity contribution in [2.45, 2.75) is 40.2 Å². The number of carbonyl (C=O) groups excluding carboxylic acids is 1. The third kappa shape index (κ3) is 2.43. The molecule has 0 saturated carbocycles. The van der Waals surface area contributed by atoms with E-state index in [0.717, 1.165) is 19.9 Å². The summed E-state index contributed by atoms with van der Waals surface area (Å²) in [5.74, 6) is 0. The maximum atomic E-state index is 12.2. The summed E-state index contributed by atoms with van der Waals surface area (Å²) in [7, 11) is 0. The average Bonchev–Trinajstić information content (AvgIpc) is 2.65. The normalized spacial score (nSPS) is 12.1. The van der Waals surface area contributed by atoms with Gasteiger partial charge >= 0.3 is 117 Å². The number of carbonyl (C=O) groups is 1. The molecule has 2 aromatic heterocycles. The van der Waals surface area contributed by atoms with E-state index in [9.17, 15) is 9.59 Å². The monoisotopic (exact) mass is 381 g/mol. The van der Waals surface area contributed by atoms with Crippen LogP contribution in [0, 0.1) is 13.8 Å². The molecule has 0 spiro atoms. The zero-order valence-corrected chi connectivity index (χ0v) is 14.4. The molecule has 2 aromatic rings. The Kier molecular flexibility index (Phi) is 3.50. The number of hydrogen-bond donors (Lipinski definition) is 0. The van der Waals surface area contributed by atoms with Gasteiger partial charge in [0.25, 0.3) is 0 Å². The van der Waals surface area contributed by atoms with Crippen LogP contribution in [0.3, 0.4) is 0 Å². The van der Waals surface area contributed by atoms with Gasteiger partial charge in [-0.3, -0.25) is 0 Å². The summed E-state index contributed by atoms with van der Waals surface area (Å²) in [6, 6.07) is 0. The van der Waals surface area contributed by atoms with Crippen LogP contribution in [-0.4, -0.2) is 45.3 Å². The molecular formula is C12H15NO3Se2. The van der Waals surface area contributed by atoms with Crippen molar-refractivity contribution in [2.75, 3.05) is 0 Å². The summed E-state index contributed by atoms with van der Waals surface area (Å²) in [6.07, 6.45) is -0.342. The van der Waals surface area contributed by atoms with Crippen molar-refractivity contribution >= 4 is 43.6 Å². The third-order valence-electron chi connectivity index (χ3n) is 2.48. The molecule has 0 unspecified atom stereocenters. The van der Waals surface area contributed by atoms with Gasteiger partial charge < -0.3 is 0 Å². The van der Waals surface area contributed by atoms with Crippen molar-refractivity contribution in [1.29, 1.82) is 0 Å². The van der Waals surface area contributed by atoms with E-state index in [1.54, 1.807) is 4.57 Å². The van der Waals surface area contributed by atoms with Crippen molar-refractivity contribution in [2.24, 2.45) is 0 Å². The van der Waals surface area contributed by atoms with Crippen LogP contribution in [0.4, 0.5) is 4.79 Å². The van der Waals surface area contributed by atoms with Crippen LogP contribution in [-0.2, 0) is 4.74 Å². The van der Waals surface area contributed by atoms with Gasteiger partial charge in [0.15, 0.2) is 0 Å². The summed E-state index contributed by atoms with van der Waals surface area (Å²) in [5.41, 5.74) is 1.26. The fourth-order valence-electron chi connectivity index (χ4n) is 1.79. The van der Waals surface area contributed by atoms with Gasteiger partial charge in [0.05, 0.1) is 0 Å². The second-order valence-electron chi connectivity index (χ2n) is 5.10. The molecular weight excluding hydrogens is 364 g/mol. The minimum atomic E-state index is -0.503. The van der Waals surface area contributed by atoms with Crippen LogP contribution < -0.4 is 3.18 Å². The Bertz CT molecular complexity index is 629. The van der Waals surface area contributed by atoms with Gasteiger partial charge in [-0.15, -0.1) is 0 Å². The van der Waals surface area contributed by atoms with Gasteiger partial charge in [0, 0.05) is 0 Å². The molecule has 6 heteroatoms. The molecule has 0 bridgehead atoms. The maximum absolute atomic E-state index is 12.2. The van der Waals surface area contributed by atoms with Crippen molar-refractivity contribution in [3.8, 4) is 0 Å². The number of rotatable bonds is 0. The Morgan fingerprint density at radius 1 is 1.11 bits per heavy atom. The molecule has 0 aliphatic heterocycles. The quantitative estimate of drug-likeness (QED) is 0.653. The molecule has 0 saturated heterocycles. The molecule has 18 heavy (non-hydrogen) atoms. The van der Waals surface area contributed by atoms with Crippen molar-refractivity contribution in [3.63, 3.8) is 0 Å². The van der Waals surface area contributed by atoms with E-state index in [-0.39, 0.29) is 35.1 Å². The number of fused-ring (bicyclic) bond motifs is 1. The standard InChI is InChI=1S/C12H15NO3Se2/c1-6-8-9(18-11(15)17-8)7(2)13(6)10(14)16-12(3,4)5/h1-5H3. The van der Waals surface area contributed by atoms with Crippen molar-refractivity contribution < 1.29 is 9.53 Å². The number of ether oxygens (including phenoxy) is 1. The van der Waals surface area contributed by atoms with E-state index in [1.165, 1.54) is 0 Å². The van der Waals surface area contributed by atoms with Gasteiger partial charge in [0.2, 0.25) is 0 Å². The molecule has 98 valence electrons. The van der Waals surface area contributed by atoms with Crippen LogP contribution in [0.5, 0.6) is 0 Å². The number of aryl methyl sites for hydroxylation is 2. The molecule has 0 atom stereocenters. The Balaban J connectivity index is 2.55. The predicted octanol–water partition coefficient (Wildman–Crippen LogP) is 1.52. The summed E-state index contributed by atoms with van der Waals surface area (Å²) in [5, 5.41) is 0. The summed E-state index contributed by atoms with van der Waals surface area (Å²) in [6.45, 7) is 9.34. The first kappa shape index (κ1) is 13.9. The van der Waals surface area contributed by atoms with Gasteiger partial charge in [-0.2, -0.15) is 0 Å². The molecule has 4 nitrogen and oxygen atoms in total. The molecule has 2 rings (SSSR count). The molecule has 0 amide bonds. The second kappa shape index (κ2) is 4.53. The van der Waals surface area contributed by atoms with Crippen LogP contribution in [0.2, 0.25) is 0 Å². The van der Waals surface area contributed by atoms with E-state index in [4.69, 9.17) is 4.74 Å². The van der Waals surface area contributed by atoms with Gasteiger partial charge in [-0.1, -0.05) is 0 Å². The van der Waals surface area contributed by atoms with E-state index in [2.05, 4.69) is 0 Å². The van der Waals surface area contributed by atoms with E-state index < -0.39 is 5.60 Å². The number of hydrogen-bond acceptors (Lipinski definition) is 3. The molecule has 0 aliphatic carbocycles. The molecule has 0 radical (unpaired) electrons. The zero-order chi connectivity index (χ0) is 13.7. The molecule has 2 heterocycles. The SMILES string of the molecule is Cc1c2[se]c(=O)[se]c2c(C)n1C(=O)OC(C)(C)C. The fourth-order valence-corrected chi connectivity index (χ4v) is 7.77. The second-order valence-corrected chi connectivity index (χ2v) is 10.5. The van der Waals surface area contributed by atoms with Gasteiger partial charge in [-0.25, -0.2) is 0 Å². The molecule has 0 aromatic carbocycles. The Morgan fingerprint density at radius 3 is 1.94 bits per heavy atom. The fraction of sp³-hybridized carbons (Fsp3) is 0.500. The average molecular weight is 379 g/mol. The predicted molar refractivity (Wildman–Crippen MR) is 73.2 cm³/mol. The van der Waals surface area contributed by atoms with Crippen LogP contribution in [0.25, 0.3) is 8.52 Å². The Labute approximate surface area is 117 Å². The van der Waals surface area contributed by atoms with E-state index in [1.807, 2.05) is 34.6 Å². The third-order valence-corrected chi connectivity index (χ3v) is 8.61. The van der Waals surface area contributed by atoms with Gasteiger partial charge in [0.1, 0.15) is 0 Å². The number of nitrogens with zero attached hydrogens (tertiary/aromatic N) is 1. The van der Waals surface area contributed by atoms with Crippen molar-refractivity contribution in [3.05, 3.63) is 19.4 Å². The van der Waals surface area contributed by atoms with E-state index >= 15 is 0 Å².